The van der Waals surface area contributed by atoms with Gasteiger partial charge in [-0.3, -0.25) is 9.78 Å². The van der Waals surface area contributed by atoms with Crippen molar-refractivity contribution in [2.24, 2.45) is 0 Å². The maximum absolute atomic E-state index is 13.6. The van der Waals surface area contributed by atoms with E-state index in [0.717, 1.165) is 5.69 Å². The minimum atomic E-state index is -0.491. The van der Waals surface area contributed by atoms with Gasteiger partial charge in [0.1, 0.15) is 5.82 Å². The van der Waals surface area contributed by atoms with E-state index in [2.05, 4.69) is 15.6 Å². The minimum Gasteiger partial charge on any atom is -0.354 e. The minimum absolute atomic E-state index is 0.124. The molecule has 0 unspecified atom stereocenters. The molecule has 24 heavy (non-hydrogen) atoms. The number of hydrogen-bond acceptors (Lipinski definition) is 3. The van der Waals surface area contributed by atoms with Gasteiger partial charge in [-0.15, -0.1) is 0 Å². The fourth-order valence-corrected chi connectivity index (χ4v) is 2.22. The van der Waals surface area contributed by atoms with Gasteiger partial charge in [-0.1, -0.05) is 23.7 Å². The Kier molecular flexibility index (Phi) is 4.72. The van der Waals surface area contributed by atoms with Crippen LogP contribution in [0, 0.1) is 5.82 Å². The summed E-state index contributed by atoms with van der Waals surface area (Å²) in [5, 5.41) is 6.29. The number of rotatable bonds is 4. The van der Waals surface area contributed by atoms with Crippen LogP contribution in [-0.4, -0.2) is 10.9 Å². The standard InChI is InChI=1S/C18H13ClFN3O/c19-13-5-7-14(8-6-13)22-15-9-12(10-21-11-15)18(24)23-17-4-2-1-3-16(17)20/h1-11,22H,(H,23,24). The second kappa shape index (κ2) is 7.10. The first-order chi connectivity index (χ1) is 11.6. The Morgan fingerprint density at radius 3 is 2.50 bits per heavy atom. The number of benzene rings is 2. The van der Waals surface area contributed by atoms with Crippen molar-refractivity contribution in [1.29, 1.82) is 0 Å². The van der Waals surface area contributed by atoms with E-state index in [-0.39, 0.29) is 5.69 Å². The van der Waals surface area contributed by atoms with Gasteiger partial charge in [-0.25, -0.2) is 4.39 Å². The summed E-state index contributed by atoms with van der Waals surface area (Å²) in [6, 6.07) is 14.8. The maximum atomic E-state index is 13.6. The first kappa shape index (κ1) is 16.0. The maximum Gasteiger partial charge on any atom is 0.257 e. The molecule has 4 nitrogen and oxygen atoms in total. The van der Waals surface area contributed by atoms with Crippen LogP contribution in [0.5, 0.6) is 0 Å². The lowest BCUT2D eigenvalue weighted by Gasteiger charge is -2.09. The zero-order valence-corrected chi connectivity index (χ0v) is 13.2. The predicted molar refractivity (Wildman–Crippen MR) is 93.3 cm³/mol. The molecule has 3 rings (SSSR count). The van der Waals surface area contributed by atoms with Crippen LogP contribution in [0.25, 0.3) is 0 Å². The second-order valence-corrected chi connectivity index (χ2v) is 5.46. The lowest BCUT2D eigenvalue weighted by atomic mass is 10.2. The number of hydrogen-bond donors (Lipinski definition) is 2. The van der Waals surface area contributed by atoms with Crippen LogP contribution in [0.3, 0.4) is 0 Å². The third-order valence-corrected chi connectivity index (χ3v) is 3.51. The average molecular weight is 342 g/mol. The van der Waals surface area contributed by atoms with E-state index in [9.17, 15) is 9.18 Å². The molecule has 1 heterocycles. The van der Waals surface area contributed by atoms with Crippen LogP contribution in [0.2, 0.25) is 5.02 Å². The molecule has 0 saturated heterocycles. The number of nitrogens with one attached hydrogen (secondary N) is 2. The highest BCUT2D eigenvalue weighted by Gasteiger charge is 2.10. The highest BCUT2D eigenvalue weighted by molar-refractivity contribution is 6.30. The van der Waals surface area contributed by atoms with Gasteiger partial charge in [0.15, 0.2) is 0 Å². The van der Waals surface area contributed by atoms with E-state index in [1.54, 1.807) is 36.5 Å². The van der Waals surface area contributed by atoms with Crippen LogP contribution in [-0.2, 0) is 0 Å². The van der Waals surface area contributed by atoms with Crippen molar-refractivity contribution in [2.45, 2.75) is 0 Å². The van der Waals surface area contributed by atoms with Crippen molar-refractivity contribution in [1.82, 2.24) is 4.98 Å². The lowest BCUT2D eigenvalue weighted by molar-refractivity contribution is 0.102. The van der Waals surface area contributed by atoms with Gasteiger partial charge in [0, 0.05) is 16.9 Å². The third-order valence-electron chi connectivity index (χ3n) is 3.26. The van der Waals surface area contributed by atoms with Crippen LogP contribution in [0.15, 0.2) is 67.0 Å². The largest absolute Gasteiger partial charge is 0.354 e. The Balaban J connectivity index is 1.76. The number of amides is 1. The number of nitrogens with zero attached hydrogens (tertiary/aromatic N) is 1. The molecule has 0 aliphatic heterocycles. The molecule has 3 aromatic rings. The fraction of sp³-hybridized carbons (Fsp3) is 0. The van der Waals surface area contributed by atoms with E-state index >= 15 is 0 Å². The Morgan fingerprint density at radius 2 is 1.75 bits per heavy atom. The summed E-state index contributed by atoms with van der Waals surface area (Å²) in [6.45, 7) is 0. The van der Waals surface area contributed by atoms with Crippen molar-refractivity contribution in [3.63, 3.8) is 0 Å². The summed E-state index contributed by atoms with van der Waals surface area (Å²) >= 11 is 5.85. The van der Waals surface area contributed by atoms with E-state index < -0.39 is 11.7 Å². The molecule has 1 aromatic heterocycles. The van der Waals surface area contributed by atoms with Gasteiger partial charge in [0.05, 0.1) is 23.1 Å². The molecule has 0 saturated carbocycles. The molecule has 2 aromatic carbocycles. The first-order valence-corrected chi connectivity index (χ1v) is 7.53. The van der Waals surface area contributed by atoms with E-state index in [1.807, 2.05) is 12.1 Å². The smallest absolute Gasteiger partial charge is 0.257 e. The number of anilines is 3. The normalized spacial score (nSPS) is 10.2. The van der Waals surface area contributed by atoms with E-state index in [1.165, 1.54) is 18.3 Å². The summed E-state index contributed by atoms with van der Waals surface area (Å²) in [7, 11) is 0. The summed E-state index contributed by atoms with van der Waals surface area (Å²) in [5.41, 5.74) is 1.89. The number of halogens is 2. The Labute approximate surface area is 143 Å². The molecule has 2 N–H and O–H groups in total. The average Bonchev–Trinajstić information content (AvgIpc) is 2.59. The number of para-hydroxylation sites is 1. The first-order valence-electron chi connectivity index (χ1n) is 7.15. The topological polar surface area (TPSA) is 54.0 Å². The van der Waals surface area contributed by atoms with Crippen LogP contribution >= 0.6 is 11.6 Å². The molecule has 1 amide bonds. The number of carbonyl (C=O) groups is 1. The number of aromatic nitrogens is 1. The Morgan fingerprint density at radius 1 is 1.00 bits per heavy atom. The van der Waals surface area contributed by atoms with Gasteiger partial charge in [-0.05, 0) is 42.5 Å². The van der Waals surface area contributed by atoms with Gasteiger partial charge < -0.3 is 10.6 Å². The van der Waals surface area contributed by atoms with Gasteiger partial charge in [-0.2, -0.15) is 0 Å². The quantitative estimate of drug-likeness (QED) is 0.711. The summed E-state index contributed by atoms with van der Waals surface area (Å²) in [5.74, 6) is -0.929. The van der Waals surface area contributed by atoms with Crippen molar-refractivity contribution >= 4 is 34.6 Å². The van der Waals surface area contributed by atoms with Gasteiger partial charge >= 0.3 is 0 Å². The third kappa shape index (κ3) is 3.88. The highest BCUT2D eigenvalue weighted by atomic mass is 35.5. The molecule has 0 spiro atoms. The van der Waals surface area contributed by atoms with Crippen molar-refractivity contribution in [3.8, 4) is 0 Å². The number of pyridine rings is 1. The van der Waals surface area contributed by atoms with Gasteiger partial charge in [0.25, 0.3) is 5.91 Å². The molecule has 0 radical (unpaired) electrons. The zero-order chi connectivity index (χ0) is 16.9. The highest BCUT2D eigenvalue weighted by Crippen LogP contribution is 2.20. The molecule has 0 bridgehead atoms. The van der Waals surface area contributed by atoms with E-state index in [4.69, 9.17) is 11.6 Å². The van der Waals surface area contributed by atoms with E-state index in [0.29, 0.717) is 16.3 Å². The summed E-state index contributed by atoms with van der Waals surface area (Å²) in [4.78, 5) is 16.3. The molecular weight excluding hydrogens is 329 g/mol. The lowest BCUT2D eigenvalue weighted by Crippen LogP contribution is -2.13. The molecule has 120 valence electrons. The molecule has 6 heteroatoms. The molecule has 0 fully saturated rings. The SMILES string of the molecule is O=C(Nc1ccccc1F)c1cncc(Nc2ccc(Cl)cc2)c1. The summed E-state index contributed by atoms with van der Waals surface area (Å²) < 4.78 is 13.6. The Bertz CT molecular complexity index is 868. The monoisotopic (exact) mass is 341 g/mol. The fourth-order valence-electron chi connectivity index (χ4n) is 2.09. The van der Waals surface area contributed by atoms with Crippen molar-refractivity contribution in [3.05, 3.63) is 83.4 Å². The van der Waals surface area contributed by atoms with Crippen molar-refractivity contribution < 1.29 is 9.18 Å². The molecular formula is C18H13ClFN3O. The molecule has 0 aliphatic carbocycles. The Hall–Kier alpha value is -2.92. The van der Waals surface area contributed by atoms with Crippen LogP contribution in [0.4, 0.5) is 21.5 Å². The second-order valence-electron chi connectivity index (χ2n) is 5.03. The zero-order valence-electron chi connectivity index (χ0n) is 12.5. The van der Waals surface area contributed by atoms with Crippen molar-refractivity contribution in [2.75, 3.05) is 10.6 Å². The van der Waals surface area contributed by atoms with Crippen LogP contribution in [0.1, 0.15) is 10.4 Å². The molecule has 0 aliphatic rings. The summed E-state index contributed by atoms with van der Waals surface area (Å²) in [6.07, 6.45) is 3.01. The van der Waals surface area contributed by atoms with Crippen LogP contribution < -0.4 is 10.6 Å². The molecule has 0 atom stereocenters. The predicted octanol–water partition coefficient (Wildman–Crippen LogP) is 4.87. The number of carbonyl (C=O) groups excluding carboxylic acids is 1. The van der Waals surface area contributed by atoms with Gasteiger partial charge in [0.2, 0.25) is 0 Å².